The molecule has 1 atom stereocenters. The summed E-state index contributed by atoms with van der Waals surface area (Å²) in [5, 5.41) is 6.04. The predicted molar refractivity (Wildman–Crippen MR) is 108 cm³/mol. The molecule has 0 aliphatic carbocycles. The predicted octanol–water partition coefficient (Wildman–Crippen LogP) is 1.76. The molecule has 0 saturated carbocycles. The van der Waals surface area contributed by atoms with E-state index in [1.54, 1.807) is 43.3 Å². The summed E-state index contributed by atoms with van der Waals surface area (Å²) >= 11 is 5.84. The van der Waals surface area contributed by atoms with E-state index < -0.39 is 36.1 Å². The van der Waals surface area contributed by atoms with Gasteiger partial charge in [-0.2, -0.15) is 0 Å². The number of aromatic nitrogens is 2. The SMILES string of the molecule is C[C@@H](NC(=O)COC(=O)Cn1[nH]c(=O)c2ccccc2c1=O)c1ccc(Cl)cc1. The number of halogens is 1. The average molecular weight is 416 g/mol. The van der Waals surface area contributed by atoms with E-state index in [1.165, 1.54) is 12.1 Å². The zero-order valence-corrected chi connectivity index (χ0v) is 16.2. The summed E-state index contributed by atoms with van der Waals surface area (Å²) in [4.78, 5) is 48.4. The third-order valence-electron chi connectivity index (χ3n) is 4.28. The third kappa shape index (κ3) is 4.91. The molecule has 1 heterocycles. The summed E-state index contributed by atoms with van der Waals surface area (Å²) in [5.74, 6) is -1.33. The van der Waals surface area contributed by atoms with Crippen LogP contribution in [0.5, 0.6) is 0 Å². The van der Waals surface area contributed by atoms with Crippen molar-refractivity contribution in [3.8, 4) is 0 Å². The second-order valence-corrected chi connectivity index (χ2v) is 6.82. The van der Waals surface area contributed by atoms with Crippen LogP contribution in [-0.2, 0) is 20.9 Å². The topological polar surface area (TPSA) is 110 Å². The Kier molecular flexibility index (Phi) is 6.13. The lowest BCUT2D eigenvalue weighted by molar-refractivity contribution is -0.149. The largest absolute Gasteiger partial charge is 0.454 e. The number of nitrogens with zero attached hydrogens (tertiary/aromatic N) is 1. The molecule has 9 heteroatoms. The van der Waals surface area contributed by atoms with Gasteiger partial charge in [0.1, 0.15) is 6.54 Å². The van der Waals surface area contributed by atoms with Crippen LogP contribution in [0.1, 0.15) is 18.5 Å². The molecule has 2 N–H and O–H groups in total. The monoisotopic (exact) mass is 415 g/mol. The molecule has 0 bridgehead atoms. The molecule has 0 fully saturated rings. The molecule has 0 aliphatic rings. The molecular formula is C20H18ClN3O5. The van der Waals surface area contributed by atoms with E-state index in [1.807, 2.05) is 0 Å². The number of ether oxygens (including phenoxy) is 1. The quantitative estimate of drug-likeness (QED) is 0.596. The van der Waals surface area contributed by atoms with Gasteiger partial charge in [0, 0.05) is 5.02 Å². The minimum atomic E-state index is -0.827. The highest BCUT2D eigenvalue weighted by atomic mass is 35.5. The number of hydrogen-bond acceptors (Lipinski definition) is 5. The van der Waals surface area contributed by atoms with E-state index >= 15 is 0 Å². The standard InChI is InChI=1S/C20H18ClN3O5/c1-12(13-6-8-14(21)9-7-13)22-17(25)11-29-18(26)10-24-20(28)16-5-3-2-4-15(16)19(27)23-24/h2-9,12H,10-11H2,1H3,(H,22,25)(H,23,27)/t12-/m1/s1. The second kappa shape index (κ2) is 8.74. The Bertz CT molecular complexity index is 1170. The van der Waals surface area contributed by atoms with Crippen molar-refractivity contribution in [3.05, 3.63) is 79.8 Å². The second-order valence-electron chi connectivity index (χ2n) is 6.38. The lowest BCUT2D eigenvalue weighted by Crippen LogP contribution is -2.35. The molecule has 8 nitrogen and oxygen atoms in total. The first kappa shape index (κ1) is 20.3. The lowest BCUT2D eigenvalue weighted by Gasteiger charge is -2.14. The number of carbonyl (C=O) groups excluding carboxylic acids is 2. The lowest BCUT2D eigenvalue weighted by atomic mass is 10.1. The Balaban J connectivity index is 1.59. The smallest absolute Gasteiger partial charge is 0.328 e. The summed E-state index contributed by atoms with van der Waals surface area (Å²) in [5.41, 5.74) is -0.185. The van der Waals surface area contributed by atoms with Crippen molar-refractivity contribution in [2.75, 3.05) is 6.61 Å². The first-order valence-corrected chi connectivity index (χ1v) is 9.15. The van der Waals surface area contributed by atoms with Gasteiger partial charge in [-0.1, -0.05) is 35.9 Å². The summed E-state index contributed by atoms with van der Waals surface area (Å²) in [6.45, 7) is 0.755. The molecule has 0 spiro atoms. The van der Waals surface area contributed by atoms with Crippen molar-refractivity contribution in [3.63, 3.8) is 0 Å². The minimum Gasteiger partial charge on any atom is -0.454 e. The number of nitrogens with one attached hydrogen (secondary N) is 2. The molecule has 150 valence electrons. The van der Waals surface area contributed by atoms with Crippen molar-refractivity contribution < 1.29 is 14.3 Å². The molecule has 0 saturated heterocycles. The zero-order chi connectivity index (χ0) is 21.0. The first-order valence-electron chi connectivity index (χ1n) is 8.77. The van der Waals surface area contributed by atoms with E-state index in [-0.39, 0.29) is 16.8 Å². The number of aromatic amines is 1. The number of amides is 1. The van der Waals surface area contributed by atoms with Gasteiger partial charge >= 0.3 is 5.97 Å². The van der Waals surface area contributed by atoms with E-state index in [0.717, 1.165) is 10.2 Å². The van der Waals surface area contributed by atoms with Gasteiger partial charge in [-0.3, -0.25) is 24.3 Å². The van der Waals surface area contributed by atoms with Gasteiger partial charge in [0.2, 0.25) is 0 Å². The maximum atomic E-state index is 12.4. The van der Waals surface area contributed by atoms with Crippen LogP contribution in [0.4, 0.5) is 0 Å². The van der Waals surface area contributed by atoms with Gasteiger partial charge in [0.05, 0.1) is 16.8 Å². The Morgan fingerprint density at radius 1 is 1.10 bits per heavy atom. The number of benzene rings is 2. The van der Waals surface area contributed by atoms with E-state index in [9.17, 15) is 19.2 Å². The number of fused-ring (bicyclic) bond motifs is 1. The molecule has 0 unspecified atom stereocenters. The van der Waals surface area contributed by atoms with Crippen molar-refractivity contribution in [2.45, 2.75) is 19.5 Å². The fourth-order valence-electron chi connectivity index (χ4n) is 2.80. The molecule has 0 radical (unpaired) electrons. The molecule has 3 aromatic rings. The molecule has 29 heavy (non-hydrogen) atoms. The van der Waals surface area contributed by atoms with Crippen LogP contribution in [0.15, 0.2) is 58.1 Å². The van der Waals surface area contributed by atoms with Crippen molar-refractivity contribution in [1.29, 1.82) is 0 Å². The Morgan fingerprint density at radius 2 is 1.76 bits per heavy atom. The Hall–Kier alpha value is -3.39. The molecule has 1 aromatic heterocycles. The van der Waals surface area contributed by atoms with Crippen molar-refractivity contribution in [1.82, 2.24) is 15.1 Å². The summed E-state index contributed by atoms with van der Waals surface area (Å²) in [7, 11) is 0. The van der Waals surface area contributed by atoms with E-state index in [0.29, 0.717) is 5.02 Å². The fraction of sp³-hybridized carbons (Fsp3) is 0.200. The van der Waals surface area contributed by atoms with Crippen LogP contribution in [0.2, 0.25) is 5.02 Å². The fourth-order valence-corrected chi connectivity index (χ4v) is 2.92. The average Bonchev–Trinajstić information content (AvgIpc) is 2.71. The summed E-state index contributed by atoms with van der Waals surface area (Å²) in [6.07, 6.45) is 0. The number of H-pyrrole nitrogens is 1. The highest BCUT2D eigenvalue weighted by Gasteiger charge is 2.14. The maximum absolute atomic E-state index is 12.4. The molecule has 1 amide bonds. The van der Waals surface area contributed by atoms with Crippen LogP contribution >= 0.6 is 11.6 Å². The van der Waals surface area contributed by atoms with E-state index in [4.69, 9.17) is 16.3 Å². The van der Waals surface area contributed by atoms with Crippen LogP contribution in [-0.4, -0.2) is 28.3 Å². The van der Waals surface area contributed by atoms with Gasteiger partial charge in [0.15, 0.2) is 6.61 Å². The summed E-state index contributed by atoms with van der Waals surface area (Å²) < 4.78 is 5.78. The number of carbonyl (C=O) groups is 2. The highest BCUT2D eigenvalue weighted by molar-refractivity contribution is 6.30. The van der Waals surface area contributed by atoms with Crippen molar-refractivity contribution >= 4 is 34.2 Å². The van der Waals surface area contributed by atoms with Gasteiger partial charge < -0.3 is 10.1 Å². The zero-order valence-electron chi connectivity index (χ0n) is 15.5. The van der Waals surface area contributed by atoms with Crippen LogP contribution in [0, 0.1) is 0 Å². The normalized spacial score (nSPS) is 11.8. The third-order valence-corrected chi connectivity index (χ3v) is 4.53. The van der Waals surface area contributed by atoms with Crippen LogP contribution < -0.4 is 16.4 Å². The number of rotatable bonds is 6. The van der Waals surface area contributed by atoms with Crippen molar-refractivity contribution in [2.24, 2.45) is 0 Å². The van der Waals surface area contributed by atoms with Gasteiger partial charge in [-0.25, -0.2) is 4.68 Å². The van der Waals surface area contributed by atoms with Gasteiger partial charge in [0.25, 0.3) is 17.0 Å². The minimum absolute atomic E-state index is 0.193. The van der Waals surface area contributed by atoms with Crippen LogP contribution in [0.3, 0.4) is 0 Å². The highest BCUT2D eigenvalue weighted by Crippen LogP contribution is 2.15. The van der Waals surface area contributed by atoms with Gasteiger partial charge in [-0.05, 0) is 36.8 Å². The van der Waals surface area contributed by atoms with E-state index in [2.05, 4.69) is 10.4 Å². The summed E-state index contributed by atoms with van der Waals surface area (Å²) in [6, 6.07) is 13.0. The number of hydrogen-bond donors (Lipinski definition) is 2. The Labute approximate surface area is 170 Å². The molecule has 2 aromatic carbocycles. The van der Waals surface area contributed by atoms with Gasteiger partial charge in [-0.15, -0.1) is 0 Å². The molecule has 0 aliphatic heterocycles. The Morgan fingerprint density at radius 3 is 2.45 bits per heavy atom. The number of esters is 1. The molecule has 3 rings (SSSR count). The molecular weight excluding hydrogens is 398 g/mol. The first-order chi connectivity index (χ1) is 13.8. The van der Waals surface area contributed by atoms with Crippen LogP contribution in [0.25, 0.3) is 10.8 Å². The maximum Gasteiger partial charge on any atom is 0.328 e.